The molecule has 0 aromatic heterocycles. The highest BCUT2D eigenvalue weighted by atomic mass is 32.2. The van der Waals surface area contributed by atoms with Crippen molar-refractivity contribution in [2.45, 2.75) is 11.8 Å². The number of rotatable bonds is 5. The van der Waals surface area contributed by atoms with Gasteiger partial charge in [-0.15, -0.1) is 0 Å². The number of hydrogen-bond donors (Lipinski definition) is 0. The molecule has 0 bridgehead atoms. The summed E-state index contributed by atoms with van der Waals surface area (Å²) in [6.45, 7) is 1.48. The van der Waals surface area contributed by atoms with E-state index in [0.717, 1.165) is 24.3 Å². The van der Waals surface area contributed by atoms with E-state index in [1.54, 1.807) is 0 Å². The molecule has 0 aliphatic carbocycles. The number of nitro benzene ring substituents is 2. The van der Waals surface area contributed by atoms with E-state index >= 15 is 0 Å². The summed E-state index contributed by atoms with van der Waals surface area (Å²) in [5, 5.41) is 22.0. The first-order chi connectivity index (χ1) is 12.6. The van der Waals surface area contributed by atoms with Gasteiger partial charge in [0.15, 0.2) is 0 Å². The van der Waals surface area contributed by atoms with Crippen LogP contribution < -0.4 is 0 Å². The molecule has 0 fully saturated rings. The monoisotopic (exact) mass is 392 g/mol. The zero-order valence-electron chi connectivity index (χ0n) is 14.0. The van der Waals surface area contributed by atoms with Gasteiger partial charge in [0.25, 0.3) is 11.4 Å². The lowest BCUT2D eigenvalue weighted by molar-refractivity contribution is -0.387. The molecule has 0 aliphatic rings. The van der Waals surface area contributed by atoms with Crippen molar-refractivity contribution >= 4 is 34.1 Å². The van der Waals surface area contributed by atoms with E-state index in [2.05, 4.69) is 4.74 Å². The van der Waals surface area contributed by atoms with Crippen molar-refractivity contribution in [1.29, 1.82) is 0 Å². The van der Waals surface area contributed by atoms with E-state index in [4.69, 9.17) is 0 Å². The van der Waals surface area contributed by atoms with Crippen LogP contribution in [-0.4, -0.2) is 32.2 Å². The van der Waals surface area contributed by atoms with Gasteiger partial charge in [-0.25, -0.2) is 9.59 Å². The first-order valence-electron chi connectivity index (χ1n) is 7.25. The maximum atomic E-state index is 12.1. The molecule has 1 unspecified atom stereocenters. The normalized spacial score (nSPS) is 11.5. The van der Waals surface area contributed by atoms with Gasteiger partial charge >= 0.3 is 11.9 Å². The van der Waals surface area contributed by atoms with Crippen molar-refractivity contribution in [3.05, 3.63) is 73.3 Å². The summed E-state index contributed by atoms with van der Waals surface area (Å²) in [7, 11) is -1.66. The second kappa shape index (κ2) is 7.83. The Morgan fingerprint density at radius 3 is 1.89 bits per heavy atom. The average Bonchev–Trinajstić information content (AvgIpc) is 2.60. The standard InChI is InChI=1S/C16H12N2O8S/c1-9-3-4-10(7-12(9)17(21)22)15(19)26-16(20)11-5-6-14(27(2)25)13(8-11)18(23)24/h3-8H,1-2H3. The van der Waals surface area contributed by atoms with Gasteiger partial charge in [0.1, 0.15) is 4.90 Å². The topological polar surface area (TPSA) is 147 Å². The van der Waals surface area contributed by atoms with Gasteiger partial charge in [-0.3, -0.25) is 24.4 Å². The number of esters is 2. The lowest BCUT2D eigenvalue weighted by Gasteiger charge is -2.05. The van der Waals surface area contributed by atoms with Crippen LogP contribution in [0.15, 0.2) is 41.3 Å². The minimum absolute atomic E-state index is 0.0861. The van der Waals surface area contributed by atoms with E-state index in [0.29, 0.717) is 5.56 Å². The number of carbonyl (C=O) groups excluding carboxylic acids is 2. The Kier molecular flexibility index (Phi) is 5.75. The molecule has 27 heavy (non-hydrogen) atoms. The quantitative estimate of drug-likeness (QED) is 0.326. The molecule has 2 aromatic rings. The van der Waals surface area contributed by atoms with E-state index in [9.17, 15) is 34.0 Å². The maximum absolute atomic E-state index is 12.1. The lowest BCUT2D eigenvalue weighted by atomic mass is 10.1. The molecule has 0 amide bonds. The summed E-state index contributed by atoms with van der Waals surface area (Å²) in [5.74, 6) is -2.33. The summed E-state index contributed by atoms with van der Waals surface area (Å²) in [4.78, 5) is 44.6. The van der Waals surface area contributed by atoms with Crippen molar-refractivity contribution < 1.29 is 28.4 Å². The average molecular weight is 392 g/mol. The fourth-order valence-electron chi connectivity index (χ4n) is 2.17. The fourth-order valence-corrected chi connectivity index (χ4v) is 2.85. The Hall–Kier alpha value is -3.47. The molecule has 11 heteroatoms. The van der Waals surface area contributed by atoms with Crippen LogP contribution >= 0.6 is 0 Å². The Labute approximate surface area is 154 Å². The minimum Gasteiger partial charge on any atom is -0.386 e. The van der Waals surface area contributed by atoms with Gasteiger partial charge in [0.05, 0.1) is 31.8 Å². The third-order valence-electron chi connectivity index (χ3n) is 3.53. The van der Waals surface area contributed by atoms with Gasteiger partial charge in [-0.1, -0.05) is 6.07 Å². The van der Waals surface area contributed by atoms with E-state index in [1.165, 1.54) is 25.3 Å². The zero-order chi connectivity index (χ0) is 20.3. The molecule has 140 valence electrons. The van der Waals surface area contributed by atoms with Crippen LogP contribution in [-0.2, 0) is 15.5 Å². The van der Waals surface area contributed by atoms with Gasteiger partial charge in [-0.05, 0) is 25.1 Å². The van der Waals surface area contributed by atoms with Crippen LogP contribution in [0.2, 0.25) is 0 Å². The molecule has 2 aromatic carbocycles. The largest absolute Gasteiger partial charge is 0.386 e. The van der Waals surface area contributed by atoms with Crippen LogP contribution in [0, 0.1) is 27.2 Å². The number of hydrogen-bond acceptors (Lipinski definition) is 8. The van der Waals surface area contributed by atoms with Gasteiger partial charge in [0, 0.05) is 24.0 Å². The third kappa shape index (κ3) is 4.39. The summed E-state index contributed by atoms with van der Waals surface area (Å²) in [6, 6.07) is 6.67. The lowest BCUT2D eigenvalue weighted by Crippen LogP contribution is -2.14. The minimum atomic E-state index is -1.66. The molecule has 2 rings (SSSR count). The number of ether oxygens (including phenoxy) is 1. The molecule has 0 spiro atoms. The Balaban J connectivity index is 2.29. The zero-order valence-corrected chi connectivity index (χ0v) is 14.8. The Morgan fingerprint density at radius 1 is 0.926 bits per heavy atom. The van der Waals surface area contributed by atoms with Crippen LogP contribution in [0.1, 0.15) is 26.3 Å². The molecule has 0 radical (unpaired) electrons. The molecule has 10 nitrogen and oxygen atoms in total. The summed E-state index contributed by atoms with van der Waals surface area (Å²) in [5.41, 5.74) is -1.07. The van der Waals surface area contributed by atoms with Crippen LogP contribution in [0.25, 0.3) is 0 Å². The van der Waals surface area contributed by atoms with Crippen molar-refractivity contribution in [3.63, 3.8) is 0 Å². The van der Waals surface area contributed by atoms with Crippen LogP contribution in [0.4, 0.5) is 11.4 Å². The highest BCUT2D eigenvalue weighted by Gasteiger charge is 2.23. The summed E-state index contributed by atoms with van der Waals surface area (Å²) in [6.07, 6.45) is 1.24. The fraction of sp³-hybridized carbons (Fsp3) is 0.125. The highest BCUT2D eigenvalue weighted by molar-refractivity contribution is 7.84. The maximum Gasteiger partial charge on any atom is 0.346 e. The first-order valence-corrected chi connectivity index (χ1v) is 8.81. The third-order valence-corrected chi connectivity index (χ3v) is 4.49. The molecular weight excluding hydrogens is 380 g/mol. The number of benzene rings is 2. The second-order valence-electron chi connectivity index (χ2n) is 5.33. The molecule has 1 atom stereocenters. The molecular formula is C16H12N2O8S. The Bertz CT molecular complexity index is 1000. The van der Waals surface area contributed by atoms with Crippen molar-refractivity contribution in [1.82, 2.24) is 0 Å². The van der Waals surface area contributed by atoms with Crippen molar-refractivity contribution in [2.24, 2.45) is 0 Å². The number of carbonyl (C=O) groups is 2. The van der Waals surface area contributed by atoms with Crippen molar-refractivity contribution in [3.8, 4) is 0 Å². The first kappa shape index (κ1) is 19.8. The predicted octanol–water partition coefficient (Wildman–Crippen LogP) is 2.55. The van der Waals surface area contributed by atoms with Crippen LogP contribution in [0.3, 0.4) is 0 Å². The second-order valence-corrected chi connectivity index (χ2v) is 6.68. The summed E-state index contributed by atoms with van der Waals surface area (Å²) < 4.78 is 16.1. The number of nitrogens with zero attached hydrogens (tertiary/aromatic N) is 2. The molecule has 0 saturated carbocycles. The molecule has 0 N–H and O–H groups in total. The van der Waals surface area contributed by atoms with Gasteiger partial charge in [-0.2, -0.15) is 0 Å². The highest BCUT2D eigenvalue weighted by Crippen LogP contribution is 2.24. The van der Waals surface area contributed by atoms with E-state index in [1.807, 2.05) is 0 Å². The predicted molar refractivity (Wildman–Crippen MR) is 93.0 cm³/mol. The summed E-state index contributed by atoms with van der Waals surface area (Å²) >= 11 is 0. The number of aryl methyl sites for hydroxylation is 1. The van der Waals surface area contributed by atoms with Gasteiger partial charge in [0.2, 0.25) is 0 Å². The SMILES string of the molecule is Cc1ccc(C(=O)OC(=O)c2ccc(S(C)=O)c([N+](=O)[O-])c2)cc1[N+](=O)[O-]. The van der Waals surface area contributed by atoms with Gasteiger partial charge < -0.3 is 4.74 Å². The smallest absolute Gasteiger partial charge is 0.346 e. The number of nitro groups is 2. The van der Waals surface area contributed by atoms with Crippen LogP contribution in [0.5, 0.6) is 0 Å². The van der Waals surface area contributed by atoms with E-state index in [-0.39, 0.29) is 21.7 Å². The Morgan fingerprint density at radius 2 is 1.41 bits per heavy atom. The molecule has 0 saturated heterocycles. The molecule has 0 aliphatic heterocycles. The van der Waals surface area contributed by atoms with E-state index < -0.39 is 38.3 Å². The molecule has 0 heterocycles. The van der Waals surface area contributed by atoms with Crippen molar-refractivity contribution in [2.75, 3.05) is 6.26 Å².